The number of thiophene rings is 1. The lowest BCUT2D eigenvalue weighted by atomic mass is 10.1. The molecule has 0 fully saturated rings. The van der Waals surface area contributed by atoms with Gasteiger partial charge >= 0.3 is 0 Å². The van der Waals surface area contributed by atoms with Gasteiger partial charge in [0, 0.05) is 29.6 Å². The largest absolute Gasteiger partial charge is 0.310 e. The number of nitrogens with zero attached hydrogens (tertiary/aromatic N) is 1. The Hall–Kier alpha value is -1.72. The normalized spacial score (nSPS) is 12.3. The van der Waals surface area contributed by atoms with Crippen LogP contribution in [0.3, 0.4) is 0 Å². The molecule has 1 unspecified atom stereocenters. The zero-order valence-electron chi connectivity index (χ0n) is 10.7. The Bertz CT molecular complexity index is 523. The number of hydrogen-bond acceptors (Lipinski definition) is 4. The monoisotopic (exact) mass is 276 g/mol. The molecule has 0 aliphatic carbocycles. The van der Waals surface area contributed by atoms with Gasteiger partial charge < -0.3 is 5.32 Å². The van der Waals surface area contributed by atoms with E-state index in [1.807, 2.05) is 0 Å². The lowest BCUT2D eigenvalue weighted by Gasteiger charge is -2.13. The quantitative estimate of drug-likeness (QED) is 0.648. The number of nitro groups is 1. The van der Waals surface area contributed by atoms with E-state index in [1.165, 1.54) is 4.88 Å². The molecule has 0 aliphatic rings. The minimum Gasteiger partial charge on any atom is -0.310 e. The second kappa shape index (κ2) is 6.45. The molecule has 100 valence electrons. The van der Waals surface area contributed by atoms with Crippen LogP contribution in [-0.4, -0.2) is 11.5 Å². The Labute approximate surface area is 116 Å². The third kappa shape index (κ3) is 3.87. The highest BCUT2D eigenvalue weighted by Gasteiger charge is 2.08. The predicted octanol–water partition coefficient (Wildman–Crippen LogP) is 3.55. The second-order valence-electron chi connectivity index (χ2n) is 4.35. The summed E-state index contributed by atoms with van der Waals surface area (Å²) in [5.74, 6) is 0. The number of nitrogens with one attached hydrogen (secondary N) is 1. The van der Waals surface area contributed by atoms with E-state index in [0.29, 0.717) is 0 Å². The first-order valence-electron chi connectivity index (χ1n) is 6.17. The Balaban J connectivity index is 1.85. The lowest BCUT2D eigenvalue weighted by molar-refractivity contribution is -0.384. The number of nitro benzene ring substituents is 1. The molecule has 2 rings (SSSR count). The molecule has 0 aliphatic heterocycles. The summed E-state index contributed by atoms with van der Waals surface area (Å²) in [5.41, 5.74) is 1.20. The van der Waals surface area contributed by atoms with Crippen LogP contribution in [0, 0.1) is 10.1 Å². The summed E-state index contributed by atoms with van der Waals surface area (Å²) in [7, 11) is 0. The van der Waals surface area contributed by atoms with E-state index in [1.54, 1.807) is 35.6 Å². The SMILES string of the molecule is CC(NCCc1cccs1)c1ccc([N+](=O)[O-])cc1. The zero-order valence-corrected chi connectivity index (χ0v) is 11.5. The maximum atomic E-state index is 10.6. The molecular weight excluding hydrogens is 260 g/mol. The van der Waals surface area contributed by atoms with Gasteiger partial charge in [-0.25, -0.2) is 0 Å². The standard InChI is InChI=1S/C14H16N2O2S/c1-11(15-9-8-14-3-2-10-19-14)12-4-6-13(7-5-12)16(17)18/h2-7,10-11,15H,8-9H2,1H3. The van der Waals surface area contributed by atoms with Gasteiger partial charge in [-0.15, -0.1) is 11.3 Å². The molecule has 0 radical (unpaired) electrons. The average Bonchev–Trinajstić information content (AvgIpc) is 2.92. The molecule has 1 atom stereocenters. The molecule has 5 heteroatoms. The smallest absolute Gasteiger partial charge is 0.269 e. The van der Waals surface area contributed by atoms with E-state index < -0.39 is 0 Å². The Morgan fingerprint density at radius 3 is 2.63 bits per heavy atom. The van der Waals surface area contributed by atoms with Crippen LogP contribution in [0.25, 0.3) is 0 Å². The molecule has 4 nitrogen and oxygen atoms in total. The van der Waals surface area contributed by atoms with Crippen molar-refractivity contribution in [2.75, 3.05) is 6.54 Å². The fourth-order valence-electron chi connectivity index (χ4n) is 1.87. The van der Waals surface area contributed by atoms with Gasteiger partial charge in [-0.05, 0) is 30.4 Å². The summed E-state index contributed by atoms with van der Waals surface area (Å²) < 4.78 is 0. The Morgan fingerprint density at radius 2 is 2.05 bits per heavy atom. The van der Waals surface area contributed by atoms with Crippen LogP contribution in [0.1, 0.15) is 23.4 Å². The van der Waals surface area contributed by atoms with Gasteiger partial charge in [0.2, 0.25) is 0 Å². The van der Waals surface area contributed by atoms with Gasteiger partial charge in [0.15, 0.2) is 0 Å². The van der Waals surface area contributed by atoms with Crippen LogP contribution in [0.15, 0.2) is 41.8 Å². The van der Waals surface area contributed by atoms with Crippen molar-refractivity contribution in [3.8, 4) is 0 Å². The van der Waals surface area contributed by atoms with Crippen molar-refractivity contribution >= 4 is 17.0 Å². The number of rotatable bonds is 6. The summed E-state index contributed by atoms with van der Waals surface area (Å²) in [5, 5.41) is 16.1. The minimum atomic E-state index is -0.376. The number of hydrogen-bond donors (Lipinski definition) is 1. The van der Waals surface area contributed by atoms with Crippen molar-refractivity contribution in [3.05, 3.63) is 62.3 Å². The molecular formula is C14H16N2O2S. The molecule has 0 saturated carbocycles. The van der Waals surface area contributed by atoms with E-state index in [2.05, 4.69) is 29.8 Å². The molecule has 1 aromatic carbocycles. The van der Waals surface area contributed by atoms with Crippen molar-refractivity contribution in [2.45, 2.75) is 19.4 Å². The van der Waals surface area contributed by atoms with Gasteiger partial charge in [0.1, 0.15) is 0 Å². The first-order chi connectivity index (χ1) is 9.16. The fourth-order valence-corrected chi connectivity index (χ4v) is 2.58. The van der Waals surface area contributed by atoms with E-state index >= 15 is 0 Å². The average molecular weight is 276 g/mol. The second-order valence-corrected chi connectivity index (χ2v) is 5.39. The summed E-state index contributed by atoms with van der Waals surface area (Å²) in [6.07, 6.45) is 1.01. The first-order valence-corrected chi connectivity index (χ1v) is 7.05. The maximum Gasteiger partial charge on any atom is 0.269 e. The van der Waals surface area contributed by atoms with Crippen LogP contribution in [0.2, 0.25) is 0 Å². The first kappa shape index (κ1) is 13.7. The summed E-state index contributed by atoms with van der Waals surface area (Å²) in [4.78, 5) is 11.6. The molecule has 1 heterocycles. The van der Waals surface area contributed by atoms with Crippen LogP contribution >= 0.6 is 11.3 Å². The van der Waals surface area contributed by atoms with Crippen LogP contribution < -0.4 is 5.32 Å². The van der Waals surface area contributed by atoms with Crippen LogP contribution in [0.4, 0.5) is 5.69 Å². The van der Waals surface area contributed by atoms with Gasteiger partial charge in [0.25, 0.3) is 5.69 Å². The predicted molar refractivity (Wildman–Crippen MR) is 77.5 cm³/mol. The Kier molecular flexibility index (Phi) is 4.65. The molecule has 0 amide bonds. The van der Waals surface area contributed by atoms with E-state index in [4.69, 9.17) is 0 Å². The van der Waals surface area contributed by atoms with Gasteiger partial charge in [-0.1, -0.05) is 18.2 Å². The van der Waals surface area contributed by atoms with Gasteiger partial charge in [0.05, 0.1) is 4.92 Å². The Morgan fingerprint density at radius 1 is 1.32 bits per heavy atom. The lowest BCUT2D eigenvalue weighted by Crippen LogP contribution is -2.21. The van der Waals surface area contributed by atoms with E-state index in [0.717, 1.165) is 18.5 Å². The molecule has 19 heavy (non-hydrogen) atoms. The van der Waals surface area contributed by atoms with Crippen molar-refractivity contribution in [2.24, 2.45) is 0 Å². The highest BCUT2D eigenvalue weighted by Crippen LogP contribution is 2.17. The third-order valence-corrected chi connectivity index (χ3v) is 3.94. The van der Waals surface area contributed by atoms with Crippen molar-refractivity contribution in [3.63, 3.8) is 0 Å². The van der Waals surface area contributed by atoms with Gasteiger partial charge in [-0.3, -0.25) is 10.1 Å². The topological polar surface area (TPSA) is 55.2 Å². The van der Waals surface area contributed by atoms with Crippen molar-refractivity contribution in [1.29, 1.82) is 0 Å². The summed E-state index contributed by atoms with van der Waals surface area (Å²) >= 11 is 1.76. The van der Waals surface area contributed by atoms with Crippen LogP contribution in [0.5, 0.6) is 0 Å². The van der Waals surface area contributed by atoms with Gasteiger partial charge in [-0.2, -0.15) is 0 Å². The molecule has 0 spiro atoms. The molecule has 1 N–H and O–H groups in total. The molecule has 1 aromatic heterocycles. The van der Waals surface area contributed by atoms with Crippen molar-refractivity contribution in [1.82, 2.24) is 5.32 Å². The van der Waals surface area contributed by atoms with Crippen molar-refractivity contribution < 1.29 is 4.92 Å². The van der Waals surface area contributed by atoms with Crippen LogP contribution in [-0.2, 0) is 6.42 Å². The highest BCUT2D eigenvalue weighted by molar-refractivity contribution is 7.09. The van der Waals surface area contributed by atoms with E-state index in [-0.39, 0.29) is 16.7 Å². The summed E-state index contributed by atoms with van der Waals surface area (Å²) in [6, 6.07) is 11.1. The maximum absolute atomic E-state index is 10.6. The summed E-state index contributed by atoms with van der Waals surface area (Å²) in [6.45, 7) is 2.97. The minimum absolute atomic E-state index is 0.134. The molecule has 0 bridgehead atoms. The highest BCUT2D eigenvalue weighted by atomic mass is 32.1. The third-order valence-electron chi connectivity index (χ3n) is 3.01. The molecule has 0 saturated heterocycles. The van der Waals surface area contributed by atoms with E-state index in [9.17, 15) is 10.1 Å². The number of benzene rings is 1. The zero-order chi connectivity index (χ0) is 13.7. The number of non-ortho nitro benzene ring substituents is 1. The molecule has 2 aromatic rings. The fraction of sp³-hybridized carbons (Fsp3) is 0.286.